The number of carbonyl (C=O) groups excluding carboxylic acids is 1. The molecule has 1 heterocycles. The monoisotopic (exact) mass is 278 g/mol. The van der Waals surface area contributed by atoms with E-state index in [1.165, 1.54) is 0 Å². The summed E-state index contributed by atoms with van der Waals surface area (Å²) in [5.41, 5.74) is -1.60. The van der Waals surface area contributed by atoms with Crippen molar-refractivity contribution in [1.29, 1.82) is 0 Å². The quantitative estimate of drug-likeness (QED) is 0.522. The Morgan fingerprint density at radius 2 is 1.53 bits per heavy atom. The van der Waals surface area contributed by atoms with Crippen molar-refractivity contribution in [3.8, 4) is 0 Å². The van der Waals surface area contributed by atoms with E-state index in [1.807, 2.05) is 5.32 Å². The normalized spacial score (nSPS) is 10.6. The lowest BCUT2D eigenvalue weighted by atomic mass is 10.1. The molecule has 0 spiro atoms. The summed E-state index contributed by atoms with van der Waals surface area (Å²) in [7, 11) is 0. The van der Waals surface area contributed by atoms with Gasteiger partial charge >= 0.3 is 0 Å². The summed E-state index contributed by atoms with van der Waals surface area (Å²) in [6.45, 7) is 0. The van der Waals surface area contributed by atoms with Gasteiger partial charge in [0.15, 0.2) is 29.1 Å². The van der Waals surface area contributed by atoms with Crippen LogP contribution in [0.2, 0.25) is 0 Å². The van der Waals surface area contributed by atoms with E-state index in [4.69, 9.17) is 0 Å². The van der Waals surface area contributed by atoms with Gasteiger partial charge in [0.25, 0.3) is 5.91 Å². The third-order valence-electron chi connectivity index (χ3n) is 2.12. The highest BCUT2D eigenvalue weighted by Gasteiger charge is 2.29. The second kappa shape index (κ2) is 4.67. The second-order valence-electron chi connectivity index (χ2n) is 3.28. The summed E-state index contributed by atoms with van der Waals surface area (Å²) in [5.74, 6) is -13.0. The summed E-state index contributed by atoms with van der Waals surface area (Å²) in [5, 5.41) is 5.00. The summed E-state index contributed by atoms with van der Waals surface area (Å²) >= 11 is 0. The minimum Gasteiger partial charge on any atom is -0.363 e. The molecule has 0 saturated heterocycles. The van der Waals surface area contributed by atoms with E-state index in [0.29, 0.717) is 0 Å². The Morgan fingerprint density at radius 3 is 2.00 bits per heavy atom. The molecule has 2 rings (SSSR count). The number of hydrogen-bond acceptors (Lipinski definition) is 3. The van der Waals surface area contributed by atoms with Gasteiger partial charge in [-0.05, 0) is 0 Å². The second-order valence-corrected chi connectivity index (χ2v) is 3.28. The fraction of sp³-hybridized carbons (Fsp3) is 0. The fourth-order valence-corrected chi connectivity index (χ4v) is 1.26. The number of hydrogen-bond donors (Lipinski definition) is 1. The lowest BCUT2D eigenvalue weighted by molar-refractivity contribution is 0.101. The molecule has 19 heavy (non-hydrogen) atoms. The Hall–Kier alpha value is -2.45. The Balaban J connectivity index is 2.48. The van der Waals surface area contributed by atoms with E-state index >= 15 is 0 Å². The number of halogens is 5. The molecule has 1 aromatic heterocycles. The van der Waals surface area contributed by atoms with E-state index < -0.39 is 40.6 Å². The average Bonchev–Trinajstić information content (AvgIpc) is 2.87. The van der Waals surface area contributed by atoms with Crippen LogP contribution in [0, 0.1) is 29.1 Å². The number of nitrogens with zero attached hydrogens (tertiary/aromatic N) is 1. The number of amides is 1. The summed E-state index contributed by atoms with van der Waals surface area (Å²) in [4.78, 5) is 11.4. The van der Waals surface area contributed by atoms with Gasteiger partial charge in [0.2, 0.25) is 5.82 Å². The number of aromatic nitrogens is 1. The number of carbonyl (C=O) groups is 1. The van der Waals surface area contributed by atoms with Crippen LogP contribution >= 0.6 is 0 Å². The molecule has 100 valence electrons. The van der Waals surface area contributed by atoms with E-state index in [-0.39, 0.29) is 5.82 Å². The molecule has 1 N–H and O–H groups in total. The molecule has 1 aromatic carbocycles. The van der Waals surface area contributed by atoms with Crippen LogP contribution in [0.5, 0.6) is 0 Å². The first-order valence-corrected chi connectivity index (χ1v) is 4.66. The maximum absolute atomic E-state index is 13.3. The Labute approximate surface area is 101 Å². The smallest absolute Gasteiger partial charge is 0.263 e. The molecule has 4 nitrogen and oxygen atoms in total. The van der Waals surface area contributed by atoms with E-state index in [1.54, 1.807) is 0 Å². The van der Waals surface area contributed by atoms with E-state index in [9.17, 15) is 26.7 Å². The van der Waals surface area contributed by atoms with Gasteiger partial charge in [-0.1, -0.05) is 5.16 Å². The lowest BCUT2D eigenvalue weighted by Gasteiger charge is -2.07. The lowest BCUT2D eigenvalue weighted by Crippen LogP contribution is -2.19. The SMILES string of the molecule is O=C(Nc1ccon1)c1c(F)c(F)c(F)c(F)c1F. The highest BCUT2D eigenvalue weighted by atomic mass is 19.2. The average molecular weight is 278 g/mol. The molecule has 0 aliphatic rings. The van der Waals surface area contributed by atoms with Crippen LogP contribution in [0.3, 0.4) is 0 Å². The summed E-state index contributed by atoms with van der Waals surface area (Å²) in [6, 6.07) is 1.12. The number of nitrogens with one attached hydrogen (secondary N) is 1. The molecule has 1 amide bonds. The number of anilines is 1. The van der Waals surface area contributed by atoms with Crippen molar-refractivity contribution in [3.05, 3.63) is 47.0 Å². The van der Waals surface area contributed by atoms with Crippen molar-refractivity contribution in [2.24, 2.45) is 0 Å². The minimum absolute atomic E-state index is 0.242. The Morgan fingerprint density at radius 1 is 1.00 bits per heavy atom. The predicted molar refractivity (Wildman–Crippen MR) is 50.7 cm³/mol. The number of rotatable bonds is 2. The fourth-order valence-electron chi connectivity index (χ4n) is 1.26. The molecule has 0 saturated carbocycles. The van der Waals surface area contributed by atoms with Crippen molar-refractivity contribution in [1.82, 2.24) is 5.16 Å². The molecule has 0 bridgehead atoms. The van der Waals surface area contributed by atoms with Crippen LogP contribution in [0.15, 0.2) is 16.9 Å². The molecule has 2 aromatic rings. The van der Waals surface area contributed by atoms with Crippen LogP contribution in [0.4, 0.5) is 27.8 Å². The van der Waals surface area contributed by atoms with Crippen molar-refractivity contribution in [3.63, 3.8) is 0 Å². The van der Waals surface area contributed by atoms with Gasteiger partial charge in [-0.15, -0.1) is 0 Å². The van der Waals surface area contributed by atoms with E-state index in [0.717, 1.165) is 12.3 Å². The molecule has 0 atom stereocenters. The largest absolute Gasteiger partial charge is 0.363 e. The first-order valence-electron chi connectivity index (χ1n) is 4.66. The van der Waals surface area contributed by atoms with Crippen molar-refractivity contribution in [2.45, 2.75) is 0 Å². The zero-order valence-corrected chi connectivity index (χ0v) is 8.81. The van der Waals surface area contributed by atoms with Gasteiger partial charge in [0.1, 0.15) is 11.8 Å². The molecule has 0 fully saturated rings. The summed E-state index contributed by atoms with van der Waals surface area (Å²) < 4.78 is 69.3. The van der Waals surface area contributed by atoms with Crippen LogP contribution in [-0.2, 0) is 0 Å². The molecule has 0 aliphatic carbocycles. The molecular formula is C10H3F5N2O2. The van der Waals surface area contributed by atoms with Gasteiger partial charge in [-0.25, -0.2) is 22.0 Å². The van der Waals surface area contributed by atoms with Crippen LogP contribution in [-0.4, -0.2) is 11.1 Å². The van der Waals surface area contributed by atoms with Crippen molar-refractivity contribution < 1.29 is 31.3 Å². The minimum atomic E-state index is -2.34. The molecule has 0 unspecified atom stereocenters. The first-order chi connectivity index (χ1) is 8.93. The maximum Gasteiger partial charge on any atom is 0.263 e. The van der Waals surface area contributed by atoms with Crippen LogP contribution in [0.1, 0.15) is 10.4 Å². The highest BCUT2D eigenvalue weighted by Crippen LogP contribution is 2.23. The molecule has 0 radical (unpaired) electrons. The number of benzene rings is 1. The Bertz CT molecular complexity index is 613. The van der Waals surface area contributed by atoms with E-state index in [2.05, 4.69) is 9.68 Å². The van der Waals surface area contributed by atoms with Gasteiger partial charge in [-0.3, -0.25) is 4.79 Å². The third kappa shape index (κ3) is 2.14. The van der Waals surface area contributed by atoms with Gasteiger partial charge in [-0.2, -0.15) is 0 Å². The third-order valence-corrected chi connectivity index (χ3v) is 2.12. The van der Waals surface area contributed by atoms with Gasteiger partial charge in [0, 0.05) is 6.07 Å². The van der Waals surface area contributed by atoms with Gasteiger partial charge in [0.05, 0.1) is 0 Å². The van der Waals surface area contributed by atoms with Crippen LogP contribution in [0.25, 0.3) is 0 Å². The molecule has 0 aliphatic heterocycles. The predicted octanol–water partition coefficient (Wildman–Crippen LogP) is 2.62. The van der Waals surface area contributed by atoms with Gasteiger partial charge < -0.3 is 9.84 Å². The molecule has 9 heteroatoms. The zero-order valence-electron chi connectivity index (χ0n) is 8.81. The topological polar surface area (TPSA) is 55.1 Å². The first kappa shape index (κ1) is 13.0. The van der Waals surface area contributed by atoms with Crippen molar-refractivity contribution >= 4 is 11.7 Å². The standard InChI is InChI=1S/C10H3F5N2O2/c11-5-4(6(12)8(14)9(15)7(5)13)10(18)16-3-1-2-19-17-3/h1-2H,(H,16,17,18). The van der Waals surface area contributed by atoms with Crippen molar-refractivity contribution in [2.75, 3.05) is 5.32 Å². The highest BCUT2D eigenvalue weighted by molar-refractivity contribution is 6.04. The zero-order chi connectivity index (χ0) is 14.2. The maximum atomic E-state index is 13.3. The van der Waals surface area contributed by atoms with Crippen LogP contribution < -0.4 is 5.32 Å². The molecular weight excluding hydrogens is 275 g/mol. The Kier molecular flexibility index (Phi) is 3.19. The summed E-state index contributed by atoms with van der Waals surface area (Å²) in [6.07, 6.45) is 1.04.